The predicted molar refractivity (Wildman–Crippen MR) is 88.3 cm³/mol. The fourth-order valence-electron chi connectivity index (χ4n) is 5.14. The lowest BCUT2D eigenvalue weighted by molar-refractivity contribution is -0.233. The van der Waals surface area contributed by atoms with E-state index >= 15 is 0 Å². The molecule has 0 amide bonds. The average molecular weight is 336 g/mol. The Morgan fingerprint density at radius 3 is 2.33 bits per heavy atom. The quantitative estimate of drug-likeness (QED) is 0.528. The molecule has 4 saturated carbocycles. The average Bonchev–Trinajstić information content (AvgIpc) is 2.49. The van der Waals surface area contributed by atoms with Crippen LogP contribution in [0.5, 0.6) is 0 Å². The van der Waals surface area contributed by atoms with E-state index < -0.39 is 5.60 Å². The van der Waals surface area contributed by atoms with E-state index in [4.69, 9.17) is 14.2 Å². The Hall–Kier alpha value is -1.36. The third-order valence-electron chi connectivity index (χ3n) is 5.57. The Labute approximate surface area is 143 Å². The Balaban J connectivity index is 1.67. The van der Waals surface area contributed by atoms with Crippen LogP contribution in [0.2, 0.25) is 0 Å². The van der Waals surface area contributed by atoms with Crippen LogP contribution >= 0.6 is 0 Å². The highest BCUT2D eigenvalue weighted by atomic mass is 16.6. The molecule has 0 aliphatic heterocycles. The van der Waals surface area contributed by atoms with Crippen molar-refractivity contribution < 1.29 is 23.8 Å². The summed E-state index contributed by atoms with van der Waals surface area (Å²) in [6, 6.07) is 0. The zero-order valence-electron chi connectivity index (χ0n) is 14.8. The van der Waals surface area contributed by atoms with Crippen molar-refractivity contribution in [3.63, 3.8) is 0 Å². The fourth-order valence-corrected chi connectivity index (χ4v) is 5.14. The van der Waals surface area contributed by atoms with Gasteiger partial charge in [0.25, 0.3) is 0 Å². The number of carbonyl (C=O) groups is 2. The summed E-state index contributed by atoms with van der Waals surface area (Å²) in [4.78, 5) is 23.9. The molecule has 4 aliphatic rings. The van der Waals surface area contributed by atoms with E-state index in [-0.39, 0.29) is 24.1 Å². The molecular formula is C19H28O5. The molecule has 24 heavy (non-hydrogen) atoms. The molecule has 4 bridgehead atoms. The normalized spacial score (nSPS) is 36.4. The maximum absolute atomic E-state index is 12.1. The van der Waals surface area contributed by atoms with E-state index in [0.717, 1.165) is 32.1 Å². The van der Waals surface area contributed by atoms with Gasteiger partial charge in [-0.05, 0) is 57.3 Å². The molecule has 0 radical (unpaired) electrons. The van der Waals surface area contributed by atoms with Gasteiger partial charge in [-0.3, -0.25) is 0 Å². The van der Waals surface area contributed by atoms with Gasteiger partial charge in [-0.15, -0.1) is 0 Å². The van der Waals surface area contributed by atoms with Crippen LogP contribution in [0.15, 0.2) is 12.2 Å². The minimum atomic E-state index is -0.437. The molecule has 4 aliphatic carbocycles. The Kier molecular flexibility index (Phi) is 4.73. The van der Waals surface area contributed by atoms with Gasteiger partial charge in [0.1, 0.15) is 12.2 Å². The van der Waals surface area contributed by atoms with Gasteiger partial charge in [-0.2, -0.15) is 0 Å². The number of ether oxygens (including phenoxy) is 3. The molecule has 2 atom stereocenters. The summed E-state index contributed by atoms with van der Waals surface area (Å²) < 4.78 is 17.1. The van der Waals surface area contributed by atoms with Gasteiger partial charge < -0.3 is 14.2 Å². The molecule has 5 nitrogen and oxygen atoms in total. The lowest BCUT2D eigenvalue weighted by Crippen LogP contribution is -2.61. The zero-order chi connectivity index (χ0) is 17.4. The molecule has 0 spiro atoms. The fraction of sp³-hybridized carbons (Fsp3) is 0.789. The maximum atomic E-state index is 12.1. The molecule has 2 unspecified atom stereocenters. The van der Waals surface area contributed by atoms with E-state index in [1.165, 1.54) is 6.42 Å². The van der Waals surface area contributed by atoms with Crippen molar-refractivity contribution in [1.82, 2.24) is 0 Å². The summed E-state index contributed by atoms with van der Waals surface area (Å²) in [5.41, 5.74) is -0.346. The first-order chi connectivity index (χ1) is 11.4. The lowest BCUT2D eigenvalue weighted by atomic mass is 9.52. The van der Waals surface area contributed by atoms with Crippen LogP contribution in [0.3, 0.4) is 0 Å². The van der Waals surface area contributed by atoms with Gasteiger partial charge in [-0.25, -0.2) is 9.59 Å². The van der Waals surface area contributed by atoms with E-state index in [1.54, 1.807) is 6.92 Å². The summed E-state index contributed by atoms with van der Waals surface area (Å²) in [7, 11) is 0. The number of carbonyl (C=O) groups excluding carboxylic acids is 2. The minimum Gasteiger partial charge on any atom is -0.464 e. The molecule has 0 heterocycles. The predicted octanol–water partition coefficient (Wildman–Crippen LogP) is 3.17. The molecule has 4 fully saturated rings. The highest BCUT2D eigenvalue weighted by Crippen LogP contribution is 2.60. The van der Waals surface area contributed by atoms with Gasteiger partial charge in [-0.1, -0.05) is 13.5 Å². The van der Waals surface area contributed by atoms with Crippen molar-refractivity contribution in [3.05, 3.63) is 12.2 Å². The van der Waals surface area contributed by atoms with Gasteiger partial charge in [0.2, 0.25) is 0 Å². The minimum absolute atomic E-state index is 0.00997. The molecule has 0 N–H and O–H groups in total. The smallest absolute Gasteiger partial charge is 0.333 e. The van der Waals surface area contributed by atoms with Crippen molar-refractivity contribution >= 4 is 11.9 Å². The summed E-state index contributed by atoms with van der Waals surface area (Å²) in [6.07, 6.45) is 6.40. The molecule has 0 saturated heterocycles. The van der Waals surface area contributed by atoms with Gasteiger partial charge >= 0.3 is 11.9 Å². The second kappa shape index (κ2) is 6.51. The summed E-state index contributed by atoms with van der Waals surface area (Å²) in [6.45, 7) is 7.76. The Morgan fingerprint density at radius 2 is 1.75 bits per heavy atom. The zero-order valence-corrected chi connectivity index (χ0v) is 14.8. The van der Waals surface area contributed by atoms with E-state index in [2.05, 4.69) is 6.58 Å². The van der Waals surface area contributed by atoms with Gasteiger partial charge in [0.05, 0.1) is 12.2 Å². The first-order valence-electron chi connectivity index (χ1n) is 9.04. The Morgan fingerprint density at radius 1 is 1.12 bits per heavy atom. The van der Waals surface area contributed by atoms with Crippen LogP contribution in [-0.2, 0) is 23.8 Å². The molecule has 5 heteroatoms. The monoisotopic (exact) mass is 336 g/mol. The highest BCUT2D eigenvalue weighted by molar-refractivity contribution is 5.87. The first-order valence-corrected chi connectivity index (χ1v) is 9.04. The molecule has 134 valence electrons. The van der Waals surface area contributed by atoms with Crippen molar-refractivity contribution in [2.24, 2.45) is 11.8 Å². The van der Waals surface area contributed by atoms with Crippen LogP contribution < -0.4 is 0 Å². The summed E-state index contributed by atoms with van der Waals surface area (Å²) in [5, 5.41) is 0. The molecule has 0 aromatic heterocycles. The number of rotatable bonds is 7. The molecule has 0 aromatic carbocycles. The second-order valence-electron chi connectivity index (χ2n) is 8.01. The van der Waals surface area contributed by atoms with Crippen molar-refractivity contribution in [1.29, 1.82) is 0 Å². The maximum Gasteiger partial charge on any atom is 0.333 e. The first kappa shape index (κ1) is 17.5. The van der Waals surface area contributed by atoms with Gasteiger partial charge in [0, 0.05) is 12.0 Å². The lowest BCUT2D eigenvalue weighted by Gasteiger charge is -2.60. The van der Waals surface area contributed by atoms with Crippen LogP contribution in [-0.4, -0.2) is 36.4 Å². The number of hydrogen-bond acceptors (Lipinski definition) is 5. The molecular weight excluding hydrogens is 308 g/mol. The van der Waals surface area contributed by atoms with Gasteiger partial charge in [0.15, 0.2) is 0 Å². The highest BCUT2D eigenvalue weighted by Gasteiger charge is 2.60. The third-order valence-corrected chi connectivity index (χ3v) is 5.57. The second-order valence-corrected chi connectivity index (χ2v) is 8.01. The Bertz CT molecular complexity index is 524. The van der Waals surface area contributed by atoms with Crippen molar-refractivity contribution in [2.45, 2.75) is 70.0 Å². The van der Waals surface area contributed by atoms with Crippen LogP contribution in [0, 0.1) is 11.8 Å². The van der Waals surface area contributed by atoms with E-state index in [0.29, 0.717) is 30.4 Å². The van der Waals surface area contributed by atoms with Crippen LogP contribution in [0.25, 0.3) is 0 Å². The number of hydrogen-bond donors (Lipinski definition) is 0. The third kappa shape index (κ3) is 3.51. The summed E-state index contributed by atoms with van der Waals surface area (Å²) >= 11 is 0. The van der Waals surface area contributed by atoms with Crippen LogP contribution in [0.4, 0.5) is 0 Å². The number of esters is 2. The van der Waals surface area contributed by atoms with E-state index in [9.17, 15) is 9.59 Å². The van der Waals surface area contributed by atoms with Crippen molar-refractivity contribution in [2.75, 3.05) is 13.2 Å². The van der Waals surface area contributed by atoms with Crippen molar-refractivity contribution in [3.8, 4) is 0 Å². The largest absolute Gasteiger partial charge is 0.464 e. The van der Waals surface area contributed by atoms with E-state index in [1.807, 2.05) is 6.92 Å². The topological polar surface area (TPSA) is 61.8 Å². The van der Waals surface area contributed by atoms with Crippen LogP contribution in [0.1, 0.15) is 58.8 Å². The summed E-state index contributed by atoms with van der Waals surface area (Å²) in [5.74, 6) is 0.404. The SMILES string of the molecule is C=C(C)C(=O)OC12CC3CC(CC(OCC(=O)OCCC)(C3)C1)C2. The molecule has 4 rings (SSSR count). The standard InChI is InChI=1S/C19H28O5/c1-4-5-22-16(20)11-23-18-7-14-6-15(8-18)10-19(9-14,12-18)24-17(21)13(2)3/h14-15H,2,4-12H2,1,3H3. The molecule has 0 aromatic rings.